The summed E-state index contributed by atoms with van der Waals surface area (Å²) in [7, 11) is 2.37. The number of amides is 2. The Bertz CT molecular complexity index is 1590. The molecular weight excluding hydrogens is 464 g/mol. The van der Waals surface area contributed by atoms with Crippen LogP contribution in [-0.4, -0.2) is 52.7 Å². The number of fused-ring (bicyclic) bond motifs is 3. The smallest absolute Gasteiger partial charge is 0.337 e. The Kier molecular flexibility index (Phi) is 5.36. The maximum Gasteiger partial charge on any atom is 0.337 e. The lowest BCUT2D eigenvalue weighted by atomic mass is 10.1. The van der Waals surface area contributed by atoms with Gasteiger partial charge in [0.2, 0.25) is 0 Å². The second-order valence-corrected chi connectivity index (χ2v) is 8.28. The van der Waals surface area contributed by atoms with Gasteiger partial charge in [-0.25, -0.2) is 24.2 Å². The van der Waals surface area contributed by atoms with Crippen LogP contribution in [0, 0.1) is 13.8 Å². The first-order valence-corrected chi connectivity index (χ1v) is 10.9. The normalized spacial score (nSPS) is 12.7. The first-order chi connectivity index (χ1) is 17.2. The van der Waals surface area contributed by atoms with Gasteiger partial charge in [-0.05, 0) is 49.7 Å². The fourth-order valence-corrected chi connectivity index (χ4v) is 4.35. The Morgan fingerprint density at radius 2 is 1.53 bits per heavy atom. The second-order valence-electron chi connectivity index (χ2n) is 8.28. The van der Waals surface area contributed by atoms with Gasteiger partial charge >= 0.3 is 11.9 Å². The van der Waals surface area contributed by atoms with Crippen LogP contribution in [0.3, 0.4) is 0 Å². The molecule has 5 rings (SSSR count). The Hall–Kier alpha value is -4.86. The lowest BCUT2D eigenvalue weighted by Crippen LogP contribution is -2.30. The fourth-order valence-electron chi connectivity index (χ4n) is 4.35. The van der Waals surface area contributed by atoms with Gasteiger partial charge in [-0.2, -0.15) is 5.10 Å². The molecule has 0 bridgehead atoms. The number of hydrogen-bond acceptors (Lipinski definition) is 8. The first kappa shape index (κ1) is 22.9. The number of nitrogens with zero attached hydrogens (tertiary/aromatic N) is 4. The molecule has 0 spiro atoms. The number of benzene rings is 2. The summed E-state index contributed by atoms with van der Waals surface area (Å²) in [5.74, 6) is -2.73. The molecule has 0 saturated carbocycles. The number of ether oxygens (including phenoxy) is 2. The fraction of sp³-hybridized carbons (Fsp3) is 0.154. The van der Waals surface area contributed by atoms with E-state index in [1.54, 1.807) is 11.6 Å². The number of anilines is 1. The molecule has 10 nitrogen and oxygen atoms in total. The van der Waals surface area contributed by atoms with Gasteiger partial charge in [-0.3, -0.25) is 9.59 Å². The van der Waals surface area contributed by atoms with Crippen LogP contribution in [0.1, 0.15) is 52.7 Å². The maximum absolute atomic E-state index is 13.7. The summed E-state index contributed by atoms with van der Waals surface area (Å²) in [6.07, 6.45) is 1.34. The Balaban J connectivity index is 1.68. The van der Waals surface area contributed by atoms with E-state index in [1.807, 2.05) is 31.2 Å². The van der Waals surface area contributed by atoms with Crippen molar-refractivity contribution >= 4 is 40.5 Å². The van der Waals surface area contributed by atoms with E-state index in [9.17, 15) is 19.2 Å². The van der Waals surface area contributed by atoms with Crippen molar-refractivity contribution in [3.05, 3.63) is 82.2 Å². The highest BCUT2D eigenvalue weighted by atomic mass is 16.5. The number of aromatic nitrogens is 3. The summed E-state index contributed by atoms with van der Waals surface area (Å²) < 4.78 is 11.2. The molecule has 4 aromatic rings. The molecule has 2 aromatic heterocycles. The van der Waals surface area contributed by atoms with Crippen LogP contribution in [0.15, 0.2) is 48.7 Å². The molecule has 1 aliphatic heterocycles. The van der Waals surface area contributed by atoms with Crippen molar-refractivity contribution in [1.82, 2.24) is 14.8 Å². The van der Waals surface area contributed by atoms with Crippen molar-refractivity contribution < 1.29 is 28.7 Å². The number of carbonyl (C=O) groups is 4. The summed E-state index contributed by atoms with van der Waals surface area (Å²) >= 11 is 0. The van der Waals surface area contributed by atoms with Crippen LogP contribution >= 0.6 is 0 Å². The molecule has 0 N–H and O–H groups in total. The van der Waals surface area contributed by atoms with Gasteiger partial charge in [0.15, 0.2) is 5.65 Å². The number of methoxy groups -OCH3 is 2. The number of esters is 2. The molecule has 0 saturated heterocycles. The summed E-state index contributed by atoms with van der Waals surface area (Å²) in [5, 5.41) is 5.03. The topological polar surface area (TPSA) is 121 Å². The third-order valence-corrected chi connectivity index (χ3v) is 5.99. The van der Waals surface area contributed by atoms with Gasteiger partial charge < -0.3 is 9.47 Å². The maximum atomic E-state index is 13.7. The minimum Gasteiger partial charge on any atom is -0.465 e. The van der Waals surface area contributed by atoms with Crippen molar-refractivity contribution in [2.75, 3.05) is 19.1 Å². The summed E-state index contributed by atoms with van der Waals surface area (Å²) in [4.78, 5) is 56.9. The van der Waals surface area contributed by atoms with Crippen molar-refractivity contribution in [2.45, 2.75) is 13.8 Å². The minimum atomic E-state index is -0.738. The predicted octanol–water partition coefficient (Wildman–Crippen LogP) is 3.41. The van der Waals surface area contributed by atoms with Crippen LogP contribution in [-0.2, 0) is 9.47 Å². The molecule has 1 aliphatic rings. The van der Waals surface area contributed by atoms with E-state index in [0.29, 0.717) is 16.7 Å². The molecule has 0 radical (unpaired) electrons. The monoisotopic (exact) mass is 484 g/mol. The van der Waals surface area contributed by atoms with Gasteiger partial charge in [0, 0.05) is 6.20 Å². The van der Waals surface area contributed by atoms with E-state index in [4.69, 9.17) is 9.47 Å². The molecule has 180 valence electrons. The van der Waals surface area contributed by atoms with Crippen LogP contribution < -0.4 is 4.90 Å². The second kappa shape index (κ2) is 8.42. The van der Waals surface area contributed by atoms with Gasteiger partial charge in [-0.1, -0.05) is 12.1 Å². The molecule has 0 unspecified atom stereocenters. The van der Waals surface area contributed by atoms with Crippen molar-refractivity contribution in [1.29, 1.82) is 0 Å². The van der Waals surface area contributed by atoms with Crippen molar-refractivity contribution in [3.63, 3.8) is 0 Å². The minimum absolute atomic E-state index is 0.0151. The number of hydrogen-bond donors (Lipinski definition) is 0. The van der Waals surface area contributed by atoms with Gasteiger partial charge in [0.25, 0.3) is 11.8 Å². The lowest BCUT2D eigenvalue weighted by molar-refractivity contribution is 0.0598. The first-order valence-electron chi connectivity index (χ1n) is 10.9. The number of pyridine rings is 1. The van der Waals surface area contributed by atoms with E-state index >= 15 is 0 Å². The van der Waals surface area contributed by atoms with Gasteiger partial charge in [-0.15, -0.1) is 0 Å². The van der Waals surface area contributed by atoms with E-state index < -0.39 is 23.8 Å². The SMILES string of the molecule is COC(=O)c1cc(C(=O)OC)cc(N2C(=O)c3cnc4c(c(C)nn4-c4cccc(C)c4)c3C2=O)c1. The average Bonchev–Trinajstić information content (AvgIpc) is 3.35. The highest BCUT2D eigenvalue weighted by Gasteiger charge is 2.40. The molecule has 0 aliphatic carbocycles. The molecule has 36 heavy (non-hydrogen) atoms. The van der Waals surface area contributed by atoms with Gasteiger partial charge in [0.05, 0.1) is 58.9 Å². The zero-order valence-electron chi connectivity index (χ0n) is 19.9. The third kappa shape index (κ3) is 3.42. The van der Waals surface area contributed by atoms with Crippen LogP contribution in [0.2, 0.25) is 0 Å². The summed E-state index contributed by atoms with van der Waals surface area (Å²) in [5.41, 5.74) is 3.00. The lowest BCUT2D eigenvalue weighted by Gasteiger charge is -2.16. The van der Waals surface area contributed by atoms with Crippen LogP contribution in [0.5, 0.6) is 0 Å². The highest BCUT2D eigenvalue weighted by Crippen LogP contribution is 2.35. The molecule has 2 amide bonds. The van der Waals surface area contributed by atoms with Crippen LogP contribution in [0.25, 0.3) is 16.7 Å². The molecular formula is C26H20N4O6. The van der Waals surface area contributed by atoms with Crippen molar-refractivity contribution in [3.8, 4) is 5.69 Å². The van der Waals surface area contributed by atoms with Crippen LogP contribution in [0.4, 0.5) is 5.69 Å². The largest absolute Gasteiger partial charge is 0.465 e. The summed E-state index contributed by atoms with van der Waals surface area (Å²) in [6.45, 7) is 3.70. The quantitative estimate of drug-likeness (QED) is 0.319. The van der Waals surface area contributed by atoms with E-state index in [1.165, 1.54) is 38.6 Å². The number of aryl methyl sites for hydroxylation is 2. The average molecular weight is 484 g/mol. The third-order valence-electron chi connectivity index (χ3n) is 5.99. The zero-order chi connectivity index (χ0) is 25.7. The number of carbonyl (C=O) groups excluding carboxylic acids is 4. The molecule has 0 fully saturated rings. The highest BCUT2D eigenvalue weighted by molar-refractivity contribution is 6.37. The van der Waals surface area contributed by atoms with E-state index in [0.717, 1.165) is 16.2 Å². The zero-order valence-corrected chi connectivity index (χ0v) is 19.9. The Morgan fingerprint density at radius 1 is 0.861 bits per heavy atom. The van der Waals surface area contributed by atoms with Gasteiger partial charge in [0.1, 0.15) is 0 Å². The number of rotatable bonds is 4. The number of imide groups is 1. The molecule has 0 atom stereocenters. The molecule has 2 aromatic carbocycles. The summed E-state index contributed by atoms with van der Waals surface area (Å²) in [6, 6.07) is 11.6. The van der Waals surface area contributed by atoms with Crippen molar-refractivity contribution in [2.24, 2.45) is 0 Å². The van der Waals surface area contributed by atoms with E-state index in [2.05, 4.69) is 10.1 Å². The Morgan fingerprint density at radius 3 is 2.14 bits per heavy atom. The predicted molar refractivity (Wildman–Crippen MR) is 129 cm³/mol. The Labute approximate surface area is 205 Å². The standard InChI is InChI=1S/C26H20N4O6/c1-13-6-5-7-17(8-13)30-22-20(14(2)28-30)21-19(12-27-22)23(31)29(24(21)32)18-10-15(25(33)35-3)9-16(11-18)26(34)36-4/h5-12H,1-4H3. The molecule has 3 heterocycles. The van der Waals surface area contributed by atoms with E-state index in [-0.39, 0.29) is 27.9 Å². The molecule has 10 heteroatoms.